The van der Waals surface area contributed by atoms with Crippen molar-refractivity contribution in [3.8, 4) is 0 Å². The van der Waals surface area contributed by atoms with Gasteiger partial charge in [0.05, 0.1) is 12.7 Å². The maximum atomic E-state index is 11.6. The number of halogens is 1. The second-order valence-corrected chi connectivity index (χ2v) is 6.67. The third-order valence-electron chi connectivity index (χ3n) is 4.66. The minimum Gasteiger partial charge on any atom is -0.357 e. The van der Waals surface area contributed by atoms with Crippen LogP contribution in [0.5, 0.6) is 0 Å². The maximum absolute atomic E-state index is 11.6. The molecule has 0 aromatic carbocycles. The molecule has 2 fully saturated rings. The second kappa shape index (κ2) is 8.17. The lowest BCUT2D eigenvalue weighted by Crippen LogP contribution is -2.51. The standard InChI is InChI=1S/C16H26N6O.HI/c1-3-17-15(18-8-13-9-20-21(2)10-13)22-6-4-5-16(12-22)7-14(23)19-11-16;/h9-10H,3-8,11-12H2,1-2H3,(H,17,18)(H,19,23);1H. The van der Waals surface area contributed by atoms with Gasteiger partial charge in [0.1, 0.15) is 0 Å². The van der Waals surface area contributed by atoms with E-state index in [-0.39, 0.29) is 35.3 Å². The zero-order chi connectivity index (χ0) is 16.3. The van der Waals surface area contributed by atoms with Crippen LogP contribution < -0.4 is 10.6 Å². The van der Waals surface area contributed by atoms with E-state index < -0.39 is 0 Å². The number of rotatable bonds is 3. The summed E-state index contributed by atoms with van der Waals surface area (Å²) in [6, 6.07) is 0. The third-order valence-corrected chi connectivity index (χ3v) is 4.66. The van der Waals surface area contributed by atoms with Crippen LogP contribution in [0.3, 0.4) is 0 Å². The summed E-state index contributed by atoms with van der Waals surface area (Å²) in [7, 11) is 1.91. The molecule has 0 aliphatic carbocycles. The lowest BCUT2D eigenvalue weighted by atomic mass is 9.79. The number of hydrogen-bond acceptors (Lipinski definition) is 3. The van der Waals surface area contributed by atoms with Crippen LogP contribution in [-0.4, -0.2) is 52.7 Å². The van der Waals surface area contributed by atoms with Crippen molar-refractivity contribution in [3.63, 3.8) is 0 Å². The molecule has 134 valence electrons. The molecule has 1 unspecified atom stereocenters. The molecule has 1 spiro atoms. The quantitative estimate of drug-likeness (QED) is 0.415. The molecule has 1 atom stereocenters. The lowest BCUT2D eigenvalue weighted by molar-refractivity contribution is -0.119. The number of aromatic nitrogens is 2. The second-order valence-electron chi connectivity index (χ2n) is 6.67. The Morgan fingerprint density at radius 1 is 1.54 bits per heavy atom. The molecule has 7 nitrogen and oxygen atoms in total. The number of nitrogens with zero attached hydrogens (tertiary/aromatic N) is 4. The molecule has 8 heteroatoms. The molecule has 0 saturated carbocycles. The summed E-state index contributed by atoms with van der Waals surface area (Å²) in [5.74, 6) is 1.12. The molecule has 24 heavy (non-hydrogen) atoms. The number of hydrogen-bond donors (Lipinski definition) is 2. The van der Waals surface area contributed by atoms with Crippen LogP contribution in [0.2, 0.25) is 0 Å². The zero-order valence-corrected chi connectivity index (χ0v) is 16.7. The van der Waals surface area contributed by atoms with E-state index in [4.69, 9.17) is 4.99 Å². The zero-order valence-electron chi connectivity index (χ0n) is 14.4. The molecule has 3 heterocycles. The van der Waals surface area contributed by atoms with Crippen LogP contribution in [-0.2, 0) is 18.4 Å². The first-order valence-electron chi connectivity index (χ1n) is 8.38. The summed E-state index contributed by atoms with van der Waals surface area (Å²) >= 11 is 0. The monoisotopic (exact) mass is 446 g/mol. The fraction of sp³-hybridized carbons (Fsp3) is 0.688. The Morgan fingerprint density at radius 2 is 2.38 bits per heavy atom. The van der Waals surface area contributed by atoms with Crippen LogP contribution in [0.4, 0.5) is 0 Å². The van der Waals surface area contributed by atoms with Gasteiger partial charge in [0.15, 0.2) is 5.96 Å². The summed E-state index contributed by atoms with van der Waals surface area (Å²) in [4.78, 5) is 18.7. The summed E-state index contributed by atoms with van der Waals surface area (Å²) in [6.45, 7) is 6.23. The molecular formula is C16H27IN6O. The van der Waals surface area contributed by atoms with E-state index in [9.17, 15) is 4.79 Å². The van der Waals surface area contributed by atoms with Gasteiger partial charge in [0.25, 0.3) is 0 Å². The highest BCUT2D eigenvalue weighted by atomic mass is 127. The van der Waals surface area contributed by atoms with Gasteiger partial charge < -0.3 is 15.5 Å². The number of guanidine groups is 1. The van der Waals surface area contributed by atoms with Crippen LogP contribution >= 0.6 is 24.0 Å². The summed E-state index contributed by atoms with van der Waals surface area (Å²) in [5, 5.41) is 10.6. The average Bonchev–Trinajstić information content (AvgIpc) is 3.10. The molecule has 0 bridgehead atoms. The van der Waals surface area contributed by atoms with Crippen molar-refractivity contribution in [1.82, 2.24) is 25.3 Å². The molecule has 1 aromatic rings. The van der Waals surface area contributed by atoms with Gasteiger partial charge in [-0.3, -0.25) is 9.48 Å². The Morgan fingerprint density at radius 3 is 3.00 bits per heavy atom. The number of aliphatic imine (C=N–C) groups is 1. The topological polar surface area (TPSA) is 74.6 Å². The first-order chi connectivity index (χ1) is 11.1. The summed E-state index contributed by atoms with van der Waals surface area (Å²) in [5.41, 5.74) is 1.19. The average molecular weight is 446 g/mol. The Hall–Kier alpha value is -1.32. The molecule has 1 aromatic heterocycles. The van der Waals surface area contributed by atoms with Gasteiger partial charge in [0, 0.05) is 56.8 Å². The summed E-state index contributed by atoms with van der Waals surface area (Å²) < 4.78 is 1.80. The number of amides is 1. The Balaban J connectivity index is 0.00000208. The minimum absolute atomic E-state index is 0. The van der Waals surface area contributed by atoms with E-state index >= 15 is 0 Å². The van der Waals surface area contributed by atoms with Crippen molar-refractivity contribution in [1.29, 1.82) is 0 Å². The number of aryl methyl sites for hydroxylation is 1. The van der Waals surface area contributed by atoms with Crippen LogP contribution in [0, 0.1) is 5.41 Å². The van der Waals surface area contributed by atoms with Gasteiger partial charge >= 0.3 is 0 Å². The van der Waals surface area contributed by atoms with Gasteiger partial charge in [-0.15, -0.1) is 24.0 Å². The number of likely N-dealkylation sites (tertiary alicyclic amines) is 1. The molecular weight excluding hydrogens is 419 g/mol. The van der Waals surface area contributed by atoms with E-state index in [1.165, 1.54) is 0 Å². The number of piperidine rings is 1. The molecule has 2 saturated heterocycles. The van der Waals surface area contributed by atoms with Crippen molar-refractivity contribution >= 4 is 35.8 Å². The van der Waals surface area contributed by atoms with Crippen LogP contribution in [0.15, 0.2) is 17.4 Å². The van der Waals surface area contributed by atoms with Gasteiger partial charge in [-0.2, -0.15) is 5.10 Å². The van der Waals surface area contributed by atoms with Gasteiger partial charge in [-0.25, -0.2) is 4.99 Å². The molecule has 2 N–H and O–H groups in total. The number of carbonyl (C=O) groups is 1. The van der Waals surface area contributed by atoms with Crippen molar-refractivity contribution in [2.24, 2.45) is 17.5 Å². The summed E-state index contributed by atoms with van der Waals surface area (Å²) in [6.07, 6.45) is 6.71. The maximum Gasteiger partial charge on any atom is 0.220 e. The lowest BCUT2D eigenvalue weighted by Gasteiger charge is -2.40. The Labute approximate surface area is 160 Å². The van der Waals surface area contributed by atoms with Gasteiger partial charge in [-0.1, -0.05) is 0 Å². The molecule has 2 aliphatic rings. The van der Waals surface area contributed by atoms with Crippen molar-refractivity contribution in [2.75, 3.05) is 26.2 Å². The normalized spacial score (nSPS) is 24.0. The van der Waals surface area contributed by atoms with E-state index in [1.807, 2.05) is 19.4 Å². The predicted octanol–water partition coefficient (Wildman–Crippen LogP) is 1.11. The van der Waals surface area contributed by atoms with E-state index in [1.54, 1.807) is 4.68 Å². The number of carbonyl (C=O) groups excluding carboxylic acids is 1. The van der Waals surface area contributed by atoms with Gasteiger partial charge in [0.2, 0.25) is 5.91 Å². The van der Waals surface area contributed by atoms with Crippen molar-refractivity contribution in [2.45, 2.75) is 32.7 Å². The molecule has 1 amide bonds. The van der Waals surface area contributed by atoms with E-state index in [0.29, 0.717) is 13.0 Å². The highest BCUT2D eigenvalue weighted by Crippen LogP contribution is 2.36. The Kier molecular flexibility index (Phi) is 6.47. The Bertz CT molecular complexity index is 601. The molecule has 3 rings (SSSR count). The smallest absolute Gasteiger partial charge is 0.220 e. The molecule has 2 aliphatic heterocycles. The van der Waals surface area contributed by atoms with E-state index in [0.717, 1.165) is 50.5 Å². The predicted molar refractivity (Wildman–Crippen MR) is 104 cm³/mol. The highest BCUT2D eigenvalue weighted by molar-refractivity contribution is 14.0. The molecule has 0 radical (unpaired) electrons. The van der Waals surface area contributed by atoms with Crippen LogP contribution in [0.25, 0.3) is 0 Å². The number of nitrogens with one attached hydrogen (secondary N) is 2. The fourth-order valence-electron chi connectivity index (χ4n) is 3.57. The van der Waals surface area contributed by atoms with Crippen molar-refractivity contribution in [3.05, 3.63) is 18.0 Å². The minimum atomic E-state index is 0. The van der Waals surface area contributed by atoms with Gasteiger partial charge in [-0.05, 0) is 19.8 Å². The first-order valence-corrected chi connectivity index (χ1v) is 8.38. The first kappa shape index (κ1) is 19.0. The largest absolute Gasteiger partial charge is 0.357 e. The van der Waals surface area contributed by atoms with E-state index in [2.05, 4.69) is 27.6 Å². The third kappa shape index (κ3) is 4.40. The fourth-order valence-corrected chi connectivity index (χ4v) is 3.57. The SMILES string of the molecule is CCNC(=NCc1cnn(C)c1)N1CCCC2(CNC(=O)C2)C1.I. The van der Waals surface area contributed by atoms with Crippen LogP contribution in [0.1, 0.15) is 31.7 Å². The highest BCUT2D eigenvalue weighted by Gasteiger charge is 2.42. The van der Waals surface area contributed by atoms with Crippen molar-refractivity contribution < 1.29 is 4.79 Å².